The first kappa shape index (κ1) is 9.36. The first-order chi connectivity index (χ1) is 7.77. The average molecular weight is 227 g/mol. The molecule has 2 aromatic carbocycles. The highest BCUT2D eigenvalue weighted by molar-refractivity contribution is 7.72. The molecule has 16 heavy (non-hydrogen) atoms. The summed E-state index contributed by atoms with van der Waals surface area (Å²) in [6.07, 6.45) is 0. The van der Waals surface area contributed by atoms with Gasteiger partial charge in [0, 0.05) is 10.9 Å². The van der Waals surface area contributed by atoms with Gasteiger partial charge in [0.15, 0.2) is 0 Å². The number of pyridine rings is 1. The van der Waals surface area contributed by atoms with Crippen molar-refractivity contribution in [2.45, 2.75) is 0 Å². The number of para-hydroxylation sites is 1. The molecule has 0 bridgehead atoms. The average Bonchev–Trinajstić information content (AvgIpc) is 2.29. The molecular weight excluding hydrogens is 218 g/mol. The fourth-order valence-corrected chi connectivity index (χ4v) is 2.35. The third-order valence-electron chi connectivity index (χ3n) is 2.71. The molecule has 3 aromatic rings. The van der Waals surface area contributed by atoms with Crippen LogP contribution in [0.2, 0.25) is 0 Å². The first-order valence-corrected chi connectivity index (χ1v) is 5.41. The lowest BCUT2D eigenvalue weighted by Gasteiger charge is -2.05. The van der Waals surface area contributed by atoms with Crippen molar-refractivity contribution in [1.29, 1.82) is 0 Å². The number of phenolic OH excluding ortho intramolecular Hbond substituents is 1. The van der Waals surface area contributed by atoms with Crippen molar-refractivity contribution in [3.8, 4) is 5.75 Å². The fraction of sp³-hybridized carbons (Fsp3) is 0. The van der Waals surface area contributed by atoms with Crippen LogP contribution in [0.25, 0.3) is 21.8 Å². The first-order valence-electron chi connectivity index (χ1n) is 5.00. The lowest BCUT2D eigenvalue weighted by molar-refractivity contribution is 0.481. The largest absolute Gasteiger partial charge is 0.507 e. The minimum atomic E-state index is 0.226. The molecule has 0 atom stereocenters. The van der Waals surface area contributed by atoms with Gasteiger partial charge >= 0.3 is 0 Å². The number of nitrogens with one attached hydrogen (secondary N) is 1. The predicted octanol–water partition coefficient (Wildman–Crippen LogP) is 3.76. The molecule has 3 rings (SSSR count). The van der Waals surface area contributed by atoms with Gasteiger partial charge in [-0.3, -0.25) is 0 Å². The maximum Gasteiger partial charge on any atom is 0.126 e. The second-order valence-electron chi connectivity index (χ2n) is 3.70. The SMILES string of the molecule is Oc1cccc2[nH]c3ccccc3c(=S)c12. The molecule has 0 saturated heterocycles. The Morgan fingerprint density at radius 3 is 2.56 bits per heavy atom. The molecule has 78 valence electrons. The Morgan fingerprint density at radius 2 is 1.69 bits per heavy atom. The van der Waals surface area contributed by atoms with Gasteiger partial charge in [0.1, 0.15) is 5.75 Å². The highest BCUT2D eigenvalue weighted by atomic mass is 32.1. The zero-order chi connectivity index (χ0) is 11.1. The highest BCUT2D eigenvalue weighted by Crippen LogP contribution is 2.28. The molecule has 0 saturated carbocycles. The molecule has 0 fully saturated rings. The van der Waals surface area contributed by atoms with Crippen molar-refractivity contribution in [2.75, 3.05) is 0 Å². The summed E-state index contributed by atoms with van der Waals surface area (Å²) in [7, 11) is 0. The van der Waals surface area contributed by atoms with E-state index >= 15 is 0 Å². The van der Waals surface area contributed by atoms with Crippen LogP contribution in [0.3, 0.4) is 0 Å². The summed E-state index contributed by atoms with van der Waals surface area (Å²) < 4.78 is 0.697. The minimum Gasteiger partial charge on any atom is -0.507 e. The van der Waals surface area contributed by atoms with Crippen LogP contribution in [-0.4, -0.2) is 10.1 Å². The van der Waals surface area contributed by atoms with Crippen molar-refractivity contribution in [3.63, 3.8) is 0 Å². The van der Waals surface area contributed by atoms with E-state index in [1.165, 1.54) is 0 Å². The number of fused-ring (bicyclic) bond motifs is 2. The molecule has 1 aromatic heterocycles. The molecule has 0 unspecified atom stereocenters. The lowest BCUT2D eigenvalue weighted by atomic mass is 10.1. The van der Waals surface area contributed by atoms with E-state index in [1.54, 1.807) is 12.1 Å². The van der Waals surface area contributed by atoms with Gasteiger partial charge in [-0.05, 0) is 18.2 Å². The molecule has 3 heteroatoms. The van der Waals surface area contributed by atoms with Crippen molar-refractivity contribution in [2.24, 2.45) is 0 Å². The monoisotopic (exact) mass is 227 g/mol. The maximum atomic E-state index is 9.82. The van der Waals surface area contributed by atoms with E-state index in [4.69, 9.17) is 12.2 Å². The number of aromatic nitrogens is 1. The minimum absolute atomic E-state index is 0.226. The van der Waals surface area contributed by atoms with E-state index in [-0.39, 0.29) is 5.75 Å². The Hall–Kier alpha value is -1.87. The summed E-state index contributed by atoms with van der Waals surface area (Å²) in [5.74, 6) is 0.226. The van der Waals surface area contributed by atoms with Crippen molar-refractivity contribution in [1.82, 2.24) is 4.98 Å². The van der Waals surface area contributed by atoms with Crippen LogP contribution in [0, 0.1) is 4.51 Å². The molecule has 0 aliphatic heterocycles. The Bertz CT molecular complexity index is 746. The van der Waals surface area contributed by atoms with E-state index < -0.39 is 0 Å². The second-order valence-corrected chi connectivity index (χ2v) is 4.11. The highest BCUT2D eigenvalue weighted by Gasteiger charge is 2.04. The number of hydrogen-bond acceptors (Lipinski definition) is 2. The summed E-state index contributed by atoms with van der Waals surface area (Å²) in [5, 5.41) is 11.5. The lowest BCUT2D eigenvalue weighted by Crippen LogP contribution is -1.84. The topological polar surface area (TPSA) is 36.0 Å². The third kappa shape index (κ3) is 1.22. The third-order valence-corrected chi connectivity index (χ3v) is 3.13. The van der Waals surface area contributed by atoms with Gasteiger partial charge in [-0.2, -0.15) is 0 Å². The number of aromatic amines is 1. The smallest absolute Gasteiger partial charge is 0.126 e. The van der Waals surface area contributed by atoms with Crippen LogP contribution in [-0.2, 0) is 0 Å². The molecule has 0 spiro atoms. The normalized spacial score (nSPS) is 11.0. The summed E-state index contributed by atoms with van der Waals surface area (Å²) in [6.45, 7) is 0. The summed E-state index contributed by atoms with van der Waals surface area (Å²) >= 11 is 5.40. The van der Waals surface area contributed by atoms with Crippen molar-refractivity contribution in [3.05, 3.63) is 47.0 Å². The molecule has 0 radical (unpaired) electrons. The van der Waals surface area contributed by atoms with Gasteiger partial charge in [0.2, 0.25) is 0 Å². The molecular formula is C13H9NOS. The van der Waals surface area contributed by atoms with Gasteiger partial charge in [-0.25, -0.2) is 0 Å². The molecule has 0 aliphatic rings. The van der Waals surface area contributed by atoms with E-state index in [0.717, 1.165) is 21.8 Å². The number of phenols is 1. The van der Waals surface area contributed by atoms with E-state index in [1.807, 2.05) is 30.3 Å². The van der Waals surface area contributed by atoms with Crippen molar-refractivity contribution >= 4 is 34.0 Å². The van der Waals surface area contributed by atoms with Gasteiger partial charge in [-0.1, -0.05) is 36.5 Å². The molecule has 0 amide bonds. The standard InChI is InChI=1S/C13H9NOS/c15-11-7-3-6-10-12(11)13(16)8-4-1-2-5-9(8)14-10/h1-7,15H,(H,14,16). The van der Waals surface area contributed by atoms with Crippen LogP contribution in [0.15, 0.2) is 42.5 Å². The molecule has 2 N–H and O–H groups in total. The van der Waals surface area contributed by atoms with Crippen LogP contribution in [0.5, 0.6) is 5.75 Å². The Labute approximate surface area is 97.2 Å². The number of H-pyrrole nitrogens is 1. The van der Waals surface area contributed by atoms with Gasteiger partial charge in [0.25, 0.3) is 0 Å². The maximum absolute atomic E-state index is 9.82. The fourth-order valence-electron chi connectivity index (χ4n) is 1.95. The van der Waals surface area contributed by atoms with E-state index in [0.29, 0.717) is 4.51 Å². The van der Waals surface area contributed by atoms with Gasteiger partial charge in [0.05, 0.1) is 15.4 Å². The summed E-state index contributed by atoms with van der Waals surface area (Å²) in [4.78, 5) is 3.26. The van der Waals surface area contributed by atoms with Crippen LogP contribution in [0.1, 0.15) is 0 Å². The van der Waals surface area contributed by atoms with E-state index in [9.17, 15) is 5.11 Å². The zero-order valence-electron chi connectivity index (χ0n) is 8.40. The predicted molar refractivity (Wildman–Crippen MR) is 68.3 cm³/mol. The van der Waals surface area contributed by atoms with E-state index in [2.05, 4.69) is 4.98 Å². The molecule has 2 nitrogen and oxygen atoms in total. The summed E-state index contributed by atoms with van der Waals surface area (Å²) in [6, 6.07) is 13.2. The molecule has 0 aliphatic carbocycles. The van der Waals surface area contributed by atoms with Crippen LogP contribution < -0.4 is 0 Å². The zero-order valence-corrected chi connectivity index (χ0v) is 9.21. The van der Waals surface area contributed by atoms with Gasteiger partial charge in [-0.15, -0.1) is 0 Å². The number of rotatable bonds is 0. The second kappa shape index (κ2) is 3.32. The number of benzene rings is 2. The quantitative estimate of drug-likeness (QED) is 0.453. The number of hydrogen-bond donors (Lipinski definition) is 2. The number of aromatic hydroxyl groups is 1. The Kier molecular flexibility index (Phi) is 1.94. The van der Waals surface area contributed by atoms with Crippen molar-refractivity contribution < 1.29 is 5.11 Å². The Morgan fingerprint density at radius 1 is 0.938 bits per heavy atom. The molecule has 1 heterocycles. The van der Waals surface area contributed by atoms with Gasteiger partial charge < -0.3 is 10.1 Å². The van der Waals surface area contributed by atoms with Crippen LogP contribution >= 0.6 is 12.2 Å². The summed E-state index contributed by atoms with van der Waals surface area (Å²) in [5.41, 5.74) is 1.86. The Balaban J connectivity index is 2.67. The van der Waals surface area contributed by atoms with Crippen LogP contribution in [0.4, 0.5) is 0 Å².